The van der Waals surface area contributed by atoms with Crippen LogP contribution in [-0.2, 0) is 11.2 Å². The summed E-state index contributed by atoms with van der Waals surface area (Å²) in [6.07, 6.45) is 1.04. The van der Waals surface area contributed by atoms with Gasteiger partial charge in [0.1, 0.15) is 0 Å². The molecule has 1 N–H and O–H groups in total. The number of likely N-dealkylation sites (N-methyl/N-ethyl adjacent to an activating group) is 1. The van der Waals surface area contributed by atoms with Crippen molar-refractivity contribution in [2.24, 2.45) is 0 Å². The van der Waals surface area contributed by atoms with Crippen molar-refractivity contribution in [2.75, 3.05) is 33.2 Å². The summed E-state index contributed by atoms with van der Waals surface area (Å²) in [5.41, 5.74) is 3.77. The predicted molar refractivity (Wildman–Crippen MR) is 84.7 cm³/mol. The Labute approximate surface area is 127 Å². The standard InChI is InChI=1S/C17H26N2O2/c1-13-4-5-14(2)15(10-13)11-16(12-17(20)21)19-8-6-18(3)7-9-19/h4-5,10,16H,6-9,11-12H2,1-3H3,(H,20,21). The molecule has 4 heteroatoms. The highest BCUT2D eigenvalue weighted by atomic mass is 16.4. The van der Waals surface area contributed by atoms with Crippen LogP contribution in [0.4, 0.5) is 0 Å². The van der Waals surface area contributed by atoms with Gasteiger partial charge in [0, 0.05) is 32.2 Å². The molecule has 1 atom stereocenters. The Morgan fingerprint density at radius 2 is 1.90 bits per heavy atom. The molecule has 1 heterocycles. The SMILES string of the molecule is Cc1ccc(C)c(CC(CC(=O)O)N2CCN(C)CC2)c1. The first-order chi connectivity index (χ1) is 9.95. The molecule has 0 amide bonds. The van der Waals surface area contributed by atoms with Gasteiger partial charge < -0.3 is 10.0 Å². The Bertz CT molecular complexity index is 494. The molecular weight excluding hydrogens is 264 g/mol. The third kappa shape index (κ3) is 4.55. The van der Waals surface area contributed by atoms with Crippen molar-refractivity contribution < 1.29 is 9.90 Å². The van der Waals surface area contributed by atoms with Crippen LogP contribution in [0.15, 0.2) is 18.2 Å². The number of benzene rings is 1. The van der Waals surface area contributed by atoms with Gasteiger partial charge in [0.15, 0.2) is 0 Å². The van der Waals surface area contributed by atoms with Crippen LogP contribution in [0.2, 0.25) is 0 Å². The zero-order chi connectivity index (χ0) is 15.4. The summed E-state index contributed by atoms with van der Waals surface area (Å²) in [6.45, 7) is 8.14. The van der Waals surface area contributed by atoms with E-state index >= 15 is 0 Å². The van der Waals surface area contributed by atoms with Crippen molar-refractivity contribution in [3.05, 3.63) is 34.9 Å². The molecule has 0 bridgehead atoms. The monoisotopic (exact) mass is 290 g/mol. The van der Waals surface area contributed by atoms with Gasteiger partial charge in [-0.2, -0.15) is 0 Å². The van der Waals surface area contributed by atoms with Gasteiger partial charge in [-0.05, 0) is 38.4 Å². The van der Waals surface area contributed by atoms with Crippen LogP contribution in [0.1, 0.15) is 23.1 Å². The van der Waals surface area contributed by atoms with Gasteiger partial charge in [-0.3, -0.25) is 9.69 Å². The zero-order valence-electron chi connectivity index (χ0n) is 13.3. The summed E-state index contributed by atoms with van der Waals surface area (Å²) in [5, 5.41) is 9.23. The Balaban J connectivity index is 2.12. The van der Waals surface area contributed by atoms with E-state index in [9.17, 15) is 9.90 Å². The van der Waals surface area contributed by atoms with E-state index in [1.807, 2.05) is 0 Å². The van der Waals surface area contributed by atoms with E-state index in [2.05, 4.69) is 48.9 Å². The van der Waals surface area contributed by atoms with Crippen LogP contribution >= 0.6 is 0 Å². The molecule has 1 aromatic rings. The average Bonchev–Trinajstić information content (AvgIpc) is 2.42. The molecule has 1 aliphatic heterocycles. The molecule has 1 unspecified atom stereocenters. The van der Waals surface area contributed by atoms with Gasteiger partial charge in [0.05, 0.1) is 6.42 Å². The summed E-state index contributed by atoms with van der Waals surface area (Å²) < 4.78 is 0. The summed E-state index contributed by atoms with van der Waals surface area (Å²) in [5.74, 6) is -0.704. The van der Waals surface area contributed by atoms with Gasteiger partial charge in [-0.15, -0.1) is 0 Å². The lowest BCUT2D eigenvalue weighted by Crippen LogP contribution is -2.50. The number of aryl methyl sites for hydroxylation is 2. The molecule has 116 valence electrons. The van der Waals surface area contributed by atoms with E-state index < -0.39 is 5.97 Å². The Morgan fingerprint density at radius 1 is 1.24 bits per heavy atom. The Kier molecular flexibility index (Phi) is 5.37. The highest BCUT2D eigenvalue weighted by Crippen LogP contribution is 2.18. The molecule has 1 aromatic carbocycles. The number of carboxylic acid groups (broad SMARTS) is 1. The second-order valence-corrected chi connectivity index (χ2v) is 6.22. The van der Waals surface area contributed by atoms with Gasteiger partial charge in [-0.25, -0.2) is 0 Å². The minimum atomic E-state index is -0.704. The van der Waals surface area contributed by atoms with Crippen molar-refractivity contribution in [3.8, 4) is 0 Å². The molecule has 0 aromatic heterocycles. The molecule has 0 aliphatic carbocycles. The van der Waals surface area contributed by atoms with Crippen molar-refractivity contribution >= 4 is 5.97 Å². The summed E-state index contributed by atoms with van der Waals surface area (Å²) in [4.78, 5) is 15.9. The molecule has 1 aliphatic rings. The largest absolute Gasteiger partial charge is 0.481 e. The molecule has 21 heavy (non-hydrogen) atoms. The second kappa shape index (κ2) is 7.05. The van der Waals surface area contributed by atoms with Crippen molar-refractivity contribution in [2.45, 2.75) is 32.7 Å². The van der Waals surface area contributed by atoms with E-state index in [1.54, 1.807) is 0 Å². The lowest BCUT2D eigenvalue weighted by Gasteiger charge is -2.37. The third-order valence-electron chi connectivity index (χ3n) is 4.42. The molecule has 0 radical (unpaired) electrons. The zero-order valence-corrected chi connectivity index (χ0v) is 13.3. The van der Waals surface area contributed by atoms with E-state index in [4.69, 9.17) is 0 Å². The van der Waals surface area contributed by atoms with Crippen LogP contribution in [0.5, 0.6) is 0 Å². The van der Waals surface area contributed by atoms with Crippen LogP contribution < -0.4 is 0 Å². The van der Waals surface area contributed by atoms with Gasteiger partial charge >= 0.3 is 5.97 Å². The van der Waals surface area contributed by atoms with E-state index in [0.717, 1.165) is 32.6 Å². The highest BCUT2D eigenvalue weighted by molar-refractivity contribution is 5.67. The number of hydrogen-bond acceptors (Lipinski definition) is 3. The molecular formula is C17H26N2O2. The number of rotatable bonds is 5. The molecule has 1 fully saturated rings. The van der Waals surface area contributed by atoms with E-state index in [-0.39, 0.29) is 12.5 Å². The number of hydrogen-bond donors (Lipinski definition) is 1. The number of piperazine rings is 1. The third-order valence-corrected chi connectivity index (χ3v) is 4.42. The predicted octanol–water partition coefficient (Wildman–Crippen LogP) is 1.94. The maximum Gasteiger partial charge on any atom is 0.304 e. The fourth-order valence-electron chi connectivity index (χ4n) is 2.99. The highest BCUT2D eigenvalue weighted by Gasteiger charge is 2.25. The quantitative estimate of drug-likeness (QED) is 0.900. The Hall–Kier alpha value is -1.39. The van der Waals surface area contributed by atoms with Crippen LogP contribution in [0, 0.1) is 13.8 Å². The topological polar surface area (TPSA) is 43.8 Å². The van der Waals surface area contributed by atoms with Gasteiger partial charge in [-0.1, -0.05) is 23.8 Å². The molecule has 0 spiro atoms. The normalized spacial score (nSPS) is 18.6. The average molecular weight is 290 g/mol. The number of carbonyl (C=O) groups is 1. The smallest absolute Gasteiger partial charge is 0.304 e. The summed E-state index contributed by atoms with van der Waals surface area (Å²) >= 11 is 0. The first-order valence-corrected chi connectivity index (χ1v) is 7.66. The van der Waals surface area contributed by atoms with E-state index in [1.165, 1.54) is 16.7 Å². The molecule has 1 saturated heterocycles. The first kappa shape index (κ1) is 16.0. The maximum absolute atomic E-state index is 11.2. The molecule has 2 rings (SSSR count). The first-order valence-electron chi connectivity index (χ1n) is 7.66. The van der Waals surface area contributed by atoms with Crippen molar-refractivity contribution in [3.63, 3.8) is 0 Å². The van der Waals surface area contributed by atoms with Crippen LogP contribution in [-0.4, -0.2) is 60.1 Å². The van der Waals surface area contributed by atoms with E-state index in [0.29, 0.717) is 0 Å². The number of carboxylic acids is 1. The van der Waals surface area contributed by atoms with Crippen LogP contribution in [0.3, 0.4) is 0 Å². The fraction of sp³-hybridized carbons (Fsp3) is 0.588. The minimum Gasteiger partial charge on any atom is -0.481 e. The lowest BCUT2D eigenvalue weighted by atomic mass is 9.96. The molecule has 0 saturated carbocycles. The summed E-state index contributed by atoms with van der Waals surface area (Å²) in [6, 6.07) is 6.53. The van der Waals surface area contributed by atoms with Crippen molar-refractivity contribution in [1.29, 1.82) is 0 Å². The van der Waals surface area contributed by atoms with Crippen molar-refractivity contribution in [1.82, 2.24) is 9.80 Å². The van der Waals surface area contributed by atoms with Gasteiger partial charge in [0.2, 0.25) is 0 Å². The Morgan fingerprint density at radius 3 is 2.52 bits per heavy atom. The maximum atomic E-state index is 11.2. The van der Waals surface area contributed by atoms with Gasteiger partial charge in [0.25, 0.3) is 0 Å². The minimum absolute atomic E-state index is 0.0942. The molecule has 4 nitrogen and oxygen atoms in total. The lowest BCUT2D eigenvalue weighted by molar-refractivity contribution is -0.138. The fourth-order valence-corrected chi connectivity index (χ4v) is 2.99. The number of nitrogens with zero attached hydrogens (tertiary/aromatic N) is 2. The summed E-state index contributed by atoms with van der Waals surface area (Å²) in [7, 11) is 2.12. The second-order valence-electron chi connectivity index (χ2n) is 6.22. The van der Waals surface area contributed by atoms with Crippen LogP contribution in [0.25, 0.3) is 0 Å². The number of aliphatic carboxylic acids is 1.